The second kappa shape index (κ2) is 5.51. The van der Waals surface area contributed by atoms with E-state index in [4.69, 9.17) is 5.26 Å². The smallest absolute Gasteiger partial charge is 0.332 e. The van der Waals surface area contributed by atoms with Gasteiger partial charge in [-0.2, -0.15) is 18.4 Å². The molecule has 0 fully saturated rings. The number of aromatic nitrogens is 1. The monoisotopic (exact) mass is 297 g/mol. The van der Waals surface area contributed by atoms with Gasteiger partial charge in [0.1, 0.15) is 0 Å². The Bertz CT molecular complexity index is 626. The van der Waals surface area contributed by atoms with Crippen LogP contribution in [0.5, 0.6) is 0 Å². The average Bonchev–Trinajstić information content (AvgIpc) is 2.87. The van der Waals surface area contributed by atoms with Crippen molar-refractivity contribution in [1.29, 1.82) is 5.26 Å². The van der Waals surface area contributed by atoms with Gasteiger partial charge in [0.15, 0.2) is 10.8 Å². The molecule has 1 aromatic heterocycles. The zero-order valence-corrected chi connectivity index (χ0v) is 11.2. The Labute approximate surface area is 117 Å². The van der Waals surface area contributed by atoms with Gasteiger partial charge in [-0.3, -0.25) is 0 Å². The first-order valence-electron chi connectivity index (χ1n) is 5.69. The number of nitrogens with one attached hydrogen (secondary N) is 1. The molecule has 104 valence electrons. The van der Waals surface area contributed by atoms with E-state index in [0.717, 1.165) is 22.3 Å². The molecule has 0 bridgehead atoms. The normalized spacial score (nSPS) is 12.8. The van der Waals surface area contributed by atoms with Crippen LogP contribution in [0.2, 0.25) is 0 Å². The van der Waals surface area contributed by atoms with Crippen molar-refractivity contribution in [3.8, 4) is 6.07 Å². The third-order valence-electron chi connectivity index (χ3n) is 2.65. The van der Waals surface area contributed by atoms with E-state index < -0.39 is 11.9 Å². The molecule has 0 unspecified atom stereocenters. The van der Waals surface area contributed by atoms with E-state index in [-0.39, 0.29) is 11.0 Å². The van der Waals surface area contributed by atoms with Gasteiger partial charge in [-0.15, -0.1) is 11.3 Å². The van der Waals surface area contributed by atoms with Crippen LogP contribution in [0.15, 0.2) is 29.6 Å². The Morgan fingerprint density at radius 3 is 2.45 bits per heavy atom. The summed E-state index contributed by atoms with van der Waals surface area (Å²) in [5, 5.41) is 12.7. The third kappa shape index (κ3) is 3.27. The summed E-state index contributed by atoms with van der Waals surface area (Å²) in [5.41, 5.74) is 0.579. The summed E-state index contributed by atoms with van der Waals surface area (Å²) < 4.78 is 37.2. The number of nitrogens with zero attached hydrogens (tertiary/aromatic N) is 2. The lowest BCUT2D eigenvalue weighted by Crippen LogP contribution is -2.05. The molecule has 1 aromatic carbocycles. The van der Waals surface area contributed by atoms with E-state index >= 15 is 0 Å². The molecule has 0 amide bonds. The summed E-state index contributed by atoms with van der Waals surface area (Å²) in [6, 6.07) is 9.04. The van der Waals surface area contributed by atoms with Crippen LogP contribution in [0, 0.1) is 11.3 Å². The van der Waals surface area contributed by atoms with Gasteiger partial charge >= 0.3 is 6.18 Å². The molecule has 1 atom stereocenters. The molecule has 2 rings (SSSR count). The Kier molecular flexibility index (Phi) is 3.95. The SMILES string of the molecule is C[C@@H](C#N)c1ccc(Nc2nc(C(F)(F)F)cs2)cc1. The zero-order valence-electron chi connectivity index (χ0n) is 10.4. The Hall–Kier alpha value is -2.07. The molecule has 2 aromatic rings. The highest BCUT2D eigenvalue weighted by Gasteiger charge is 2.33. The number of alkyl halides is 3. The maximum Gasteiger partial charge on any atom is 0.434 e. The molecule has 0 spiro atoms. The third-order valence-corrected chi connectivity index (χ3v) is 3.41. The minimum atomic E-state index is -4.43. The minimum Gasteiger partial charge on any atom is -0.332 e. The van der Waals surface area contributed by atoms with Crippen LogP contribution < -0.4 is 5.32 Å². The topological polar surface area (TPSA) is 48.7 Å². The first kappa shape index (κ1) is 14.3. The second-order valence-electron chi connectivity index (χ2n) is 4.13. The van der Waals surface area contributed by atoms with Crippen LogP contribution in [0.1, 0.15) is 24.1 Å². The largest absolute Gasteiger partial charge is 0.434 e. The van der Waals surface area contributed by atoms with Crippen LogP contribution >= 0.6 is 11.3 Å². The highest BCUT2D eigenvalue weighted by molar-refractivity contribution is 7.13. The van der Waals surface area contributed by atoms with Gasteiger partial charge in [-0.25, -0.2) is 4.98 Å². The quantitative estimate of drug-likeness (QED) is 0.905. The molecule has 0 saturated carbocycles. The van der Waals surface area contributed by atoms with E-state index in [1.54, 1.807) is 31.2 Å². The number of thiazole rings is 1. The number of halogens is 3. The molecule has 1 heterocycles. The van der Waals surface area contributed by atoms with Gasteiger partial charge in [0.2, 0.25) is 0 Å². The number of rotatable bonds is 3. The van der Waals surface area contributed by atoms with Crippen LogP contribution in [0.25, 0.3) is 0 Å². The molecule has 0 saturated heterocycles. The first-order chi connectivity index (χ1) is 9.40. The standard InChI is InChI=1S/C13H10F3N3S/c1-8(6-17)9-2-4-10(5-3-9)18-12-19-11(7-20-12)13(14,15)16/h2-5,7-8H,1H3,(H,18,19)/t8-/m0/s1. The second-order valence-corrected chi connectivity index (χ2v) is 4.99. The highest BCUT2D eigenvalue weighted by atomic mass is 32.1. The lowest BCUT2D eigenvalue weighted by atomic mass is 10.0. The van der Waals surface area contributed by atoms with Crippen molar-refractivity contribution < 1.29 is 13.2 Å². The van der Waals surface area contributed by atoms with Gasteiger partial charge in [0.25, 0.3) is 0 Å². The lowest BCUT2D eigenvalue weighted by molar-refractivity contribution is -0.140. The van der Waals surface area contributed by atoms with Crippen molar-refractivity contribution in [1.82, 2.24) is 4.98 Å². The molecule has 0 aliphatic carbocycles. The number of anilines is 2. The number of hydrogen-bond donors (Lipinski definition) is 1. The van der Waals surface area contributed by atoms with Gasteiger partial charge < -0.3 is 5.32 Å². The van der Waals surface area contributed by atoms with Crippen molar-refractivity contribution in [2.24, 2.45) is 0 Å². The Balaban J connectivity index is 2.11. The maximum atomic E-state index is 12.4. The summed E-state index contributed by atoms with van der Waals surface area (Å²) in [4.78, 5) is 3.48. The summed E-state index contributed by atoms with van der Waals surface area (Å²) in [5.74, 6) is -0.222. The summed E-state index contributed by atoms with van der Waals surface area (Å²) in [6.45, 7) is 1.78. The molecule has 20 heavy (non-hydrogen) atoms. The van der Waals surface area contributed by atoms with Gasteiger partial charge in [0.05, 0.1) is 12.0 Å². The van der Waals surface area contributed by atoms with Gasteiger partial charge in [-0.05, 0) is 24.6 Å². The maximum absolute atomic E-state index is 12.4. The van der Waals surface area contributed by atoms with Gasteiger partial charge in [0, 0.05) is 11.1 Å². The summed E-state index contributed by atoms with van der Waals surface area (Å²) in [6.07, 6.45) is -4.43. The van der Waals surface area contributed by atoms with E-state index in [9.17, 15) is 13.2 Å². The lowest BCUT2D eigenvalue weighted by Gasteiger charge is -2.06. The van der Waals surface area contributed by atoms with E-state index in [0.29, 0.717) is 5.69 Å². The highest BCUT2D eigenvalue weighted by Crippen LogP contribution is 2.32. The fourth-order valence-electron chi connectivity index (χ4n) is 1.51. The molecule has 7 heteroatoms. The number of benzene rings is 1. The fraction of sp³-hybridized carbons (Fsp3) is 0.231. The van der Waals surface area contributed by atoms with Crippen molar-refractivity contribution in [2.75, 3.05) is 5.32 Å². The first-order valence-corrected chi connectivity index (χ1v) is 6.57. The zero-order chi connectivity index (χ0) is 14.8. The van der Waals surface area contributed by atoms with Crippen molar-refractivity contribution in [3.63, 3.8) is 0 Å². The van der Waals surface area contributed by atoms with E-state index in [1.807, 2.05) is 0 Å². The summed E-state index contributed by atoms with van der Waals surface area (Å²) >= 11 is 0.892. The molecule has 3 nitrogen and oxygen atoms in total. The minimum absolute atomic E-state index is 0.179. The van der Waals surface area contributed by atoms with Crippen molar-refractivity contribution in [3.05, 3.63) is 40.9 Å². The van der Waals surface area contributed by atoms with Gasteiger partial charge in [-0.1, -0.05) is 12.1 Å². The predicted molar refractivity (Wildman–Crippen MR) is 70.9 cm³/mol. The number of nitriles is 1. The van der Waals surface area contributed by atoms with E-state index in [2.05, 4.69) is 16.4 Å². The van der Waals surface area contributed by atoms with E-state index in [1.165, 1.54) is 0 Å². The molecular weight excluding hydrogens is 287 g/mol. The molecule has 0 aliphatic rings. The fourth-order valence-corrected chi connectivity index (χ4v) is 2.25. The van der Waals surface area contributed by atoms with Crippen LogP contribution in [0.3, 0.4) is 0 Å². The molecule has 0 aliphatic heterocycles. The van der Waals surface area contributed by atoms with Crippen molar-refractivity contribution >= 4 is 22.2 Å². The Morgan fingerprint density at radius 1 is 1.30 bits per heavy atom. The number of hydrogen-bond acceptors (Lipinski definition) is 4. The van der Waals surface area contributed by atoms with Crippen LogP contribution in [-0.4, -0.2) is 4.98 Å². The predicted octanol–water partition coefficient (Wildman–Crippen LogP) is 4.53. The Morgan fingerprint density at radius 2 is 1.95 bits per heavy atom. The molecule has 0 radical (unpaired) electrons. The molecular formula is C13H10F3N3S. The van der Waals surface area contributed by atoms with Crippen LogP contribution in [-0.2, 0) is 6.18 Å². The average molecular weight is 297 g/mol. The summed E-state index contributed by atoms with van der Waals surface area (Å²) in [7, 11) is 0. The van der Waals surface area contributed by atoms with Crippen molar-refractivity contribution in [2.45, 2.75) is 19.0 Å². The molecule has 1 N–H and O–H groups in total. The van der Waals surface area contributed by atoms with Crippen LogP contribution in [0.4, 0.5) is 24.0 Å².